The summed E-state index contributed by atoms with van der Waals surface area (Å²) in [5, 5.41) is 3.76. The zero-order chi connectivity index (χ0) is 14.8. The van der Waals surface area contributed by atoms with Gasteiger partial charge < -0.3 is 9.88 Å². The summed E-state index contributed by atoms with van der Waals surface area (Å²) in [4.78, 5) is 7.00. The van der Waals surface area contributed by atoms with Crippen molar-refractivity contribution >= 4 is 0 Å². The van der Waals surface area contributed by atoms with Crippen molar-refractivity contribution in [2.24, 2.45) is 5.92 Å². The SMILES string of the molecule is CC(C)n1cncc1C1C(CNC2CC2)CCCCN1C. The second kappa shape index (κ2) is 6.49. The van der Waals surface area contributed by atoms with Crippen molar-refractivity contribution < 1.29 is 0 Å². The fourth-order valence-corrected chi connectivity index (χ4v) is 3.69. The molecule has 0 spiro atoms. The van der Waals surface area contributed by atoms with Gasteiger partial charge in [-0.05, 0) is 59.0 Å². The highest BCUT2D eigenvalue weighted by Crippen LogP contribution is 2.35. The maximum absolute atomic E-state index is 4.44. The number of aromatic nitrogens is 2. The van der Waals surface area contributed by atoms with Gasteiger partial charge in [-0.3, -0.25) is 4.90 Å². The maximum atomic E-state index is 4.44. The fraction of sp³-hybridized carbons (Fsp3) is 0.824. The molecule has 4 nitrogen and oxygen atoms in total. The van der Waals surface area contributed by atoms with E-state index in [1.807, 2.05) is 6.33 Å². The van der Waals surface area contributed by atoms with E-state index in [4.69, 9.17) is 0 Å². The molecule has 4 heteroatoms. The molecular formula is C17H30N4. The first-order valence-corrected chi connectivity index (χ1v) is 8.62. The van der Waals surface area contributed by atoms with Gasteiger partial charge in [0.25, 0.3) is 0 Å². The predicted molar refractivity (Wildman–Crippen MR) is 86.3 cm³/mol. The van der Waals surface area contributed by atoms with Crippen LogP contribution in [0.1, 0.15) is 63.7 Å². The maximum Gasteiger partial charge on any atom is 0.0951 e. The summed E-state index contributed by atoms with van der Waals surface area (Å²) in [6.45, 7) is 6.86. The topological polar surface area (TPSA) is 33.1 Å². The van der Waals surface area contributed by atoms with Crippen molar-refractivity contribution in [1.29, 1.82) is 0 Å². The first-order valence-electron chi connectivity index (χ1n) is 8.62. The summed E-state index contributed by atoms with van der Waals surface area (Å²) >= 11 is 0. The summed E-state index contributed by atoms with van der Waals surface area (Å²) in [7, 11) is 2.29. The number of nitrogens with one attached hydrogen (secondary N) is 1. The van der Waals surface area contributed by atoms with Crippen LogP contribution in [0.5, 0.6) is 0 Å². The van der Waals surface area contributed by atoms with Gasteiger partial charge in [0.15, 0.2) is 0 Å². The summed E-state index contributed by atoms with van der Waals surface area (Å²) in [6, 6.07) is 1.79. The minimum atomic E-state index is 0.483. The normalized spacial score (nSPS) is 28.0. The fourth-order valence-electron chi connectivity index (χ4n) is 3.69. The molecule has 2 heterocycles. The zero-order valence-corrected chi connectivity index (χ0v) is 13.8. The van der Waals surface area contributed by atoms with Gasteiger partial charge in [-0.15, -0.1) is 0 Å². The summed E-state index contributed by atoms with van der Waals surface area (Å²) in [5.41, 5.74) is 1.40. The van der Waals surface area contributed by atoms with E-state index in [0.717, 1.165) is 12.6 Å². The lowest BCUT2D eigenvalue weighted by molar-refractivity contribution is 0.178. The number of imidazole rings is 1. The second-order valence-electron chi connectivity index (χ2n) is 7.18. The molecule has 2 atom stereocenters. The van der Waals surface area contributed by atoms with E-state index in [2.05, 4.69) is 46.9 Å². The van der Waals surface area contributed by atoms with E-state index < -0.39 is 0 Å². The van der Waals surface area contributed by atoms with Gasteiger partial charge in [-0.2, -0.15) is 0 Å². The Kier molecular flexibility index (Phi) is 4.65. The highest BCUT2D eigenvalue weighted by atomic mass is 15.2. The van der Waals surface area contributed by atoms with Gasteiger partial charge >= 0.3 is 0 Å². The van der Waals surface area contributed by atoms with Crippen LogP contribution in [0.4, 0.5) is 0 Å². The van der Waals surface area contributed by atoms with Crippen molar-refractivity contribution in [3.63, 3.8) is 0 Å². The van der Waals surface area contributed by atoms with Gasteiger partial charge in [0.1, 0.15) is 0 Å². The molecule has 1 aromatic rings. The van der Waals surface area contributed by atoms with Crippen LogP contribution in [0.15, 0.2) is 12.5 Å². The molecule has 1 aromatic heterocycles. The van der Waals surface area contributed by atoms with Crippen molar-refractivity contribution in [3.8, 4) is 0 Å². The van der Waals surface area contributed by atoms with E-state index in [-0.39, 0.29) is 0 Å². The van der Waals surface area contributed by atoms with Gasteiger partial charge in [-0.25, -0.2) is 4.98 Å². The van der Waals surface area contributed by atoms with Crippen LogP contribution >= 0.6 is 0 Å². The molecule has 21 heavy (non-hydrogen) atoms. The number of hydrogen-bond donors (Lipinski definition) is 1. The lowest BCUT2D eigenvalue weighted by atomic mass is 9.92. The van der Waals surface area contributed by atoms with E-state index in [0.29, 0.717) is 18.0 Å². The van der Waals surface area contributed by atoms with Crippen LogP contribution < -0.4 is 5.32 Å². The Balaban J connectivity index is 1.82. The van der Waals surface area contributed by atoms with Crippen LogP contribution in [0.3, 0.4) is 0 Å². The van der Waals surface area contributed by atoms with Crippen molar-refractivity contribution in [2.75, 3.05) is 20.1 Å². The number of rotatable bonds is 5. The number of hydrogen-bond acceptors (Lipinski definition) is 3. The Bertz CT molecular complexity index is 449. The molecule has 3 rings (SSSR count). The largest absolute Gasteiger partial charge is 0.331 e. The highest BCUT2D eigenvalue weighted by molar-refractivity contribution is 5.10. The van der Waals surface area contributed by atoms with Crippen LogP contribution in [-0.2, 0) is 0 Å². The smallest absolute Gasteiger partial charge is 0.0951 e. The summed E-state index contributed by atoms with van der Waals surface area (Å²) in [6.07, 6.45) is 10.9. The van der Waals surface area contributed by atoms with E-state index >= 15 is 0 Å². The van der Waals surface area contributed by atoms with Crippen molar-refractivity contribution in [1.82, 2.24) is 19.8 Å². The minimum absolute atomic E-state index is 0.483. The molecule has 2 aliphatic rings. The first kappa shape index (κ1) is 15.0. The van der Waals surface area contributed by atoms with Crippen LogP contribution in [0, 0.1) is 5.92 Å². The van der Waals surface area contributed by atoms with Gasteiger partial charge in [0.05, 0.1) is 18.1 Å². The average molecular weight is 290 g/mol. The zero-order valence-electron chi connectivity index (χ0n) is 13.8. The van der Waals surface area contributed by atoms with Crippen LogP contribution in [0.25, 0.3) is 0 Å². The molecule has 0 aromatic carbocycles. The molecule has 1 saturated heterocycles. The molecule has 2 fully saturated rings. The Morgan fingerprint density at radius 1 is 1.29 bits per heavy atom. The Morgan fingerprint density at radius 3 is 2.81 bits per heavy atom. The van der Waals surface area contributed by atoms with E-state index in [1.54, 1.807) is 0 Å². The van der Waals surface area contributed by atoms with E-state index in [1.165, 1.54) is 44.3 Å². The van der Waals surface area contributed by atoms with Gasteiger partial charge in [-0.1, -0.05) is 6.42 Å². The Labute approximate surface area is 128 Å². The third-order valence-corrected chi connectivity index (χ3v) is 5.06. The first-order chi connectivity index (χ1) is 10.2. The molecule has 1 N–H and O–H groups in total. The van der Waals surface area contributed by atoms with Crippen LogP contribution in [-0.4, -0.2) is 40.6 Å². The monoisotopic (exact) mass is 290 g/mol. The molecule has 0 radical (unpaired) electrons. The van der Waals surface area contributed by atoms with Crippen molar-refractivity contribution in [3.05, 3.63) is 18.2 Å². The number of nitrogens with zero attached hydrogens (tertiary/aromatic N) is 3. The lowest BCUT2D eigenvalue weighted by Crippen LogP contribution is -2.36. The molecule has 0 amide bonds. The quantitative estimate of drug-likeness (QED) is 0.905. The number of likely N-dealkylation sites (tertiary alicyclic amines) is 1. The molecular weight excluding hydrogens is 260 g/mol. The van der Waals surface area contributed by atoms with Gasteiger partial charge in [0, 0.05) is 24.8 Å². The molecule has 1 aliphatic carbocycles. The van der Waals surface area contributed by atoms with Gasteiger partial charge in [0.2, 0.25) is 0 Å². The molecule has 1 saturated carbocycles. The third-order valence-electron chi connectivity index (χ3n) is 5.06. The molecule has 1 aliphatic heterocycles. The molecule has 0 bridgehead atoms. The summed E-state index contributed by atoms with van der Waals surface area (Å²) < 4.78 is 2.36. The lowest BCUT2D eigenvalue weighted by Gasteiger charge is -2.34. The third kappa shape index (κ3) is 3.49. The Morgan fingerprint density at radius 2 is 2.10 bits per heavy atom. The molecule has 2 unspecified atom stereocenters. The average Bonchev–Trinajstić information content (AvgIpc) is 3.19. The minimum Gasteiger partial charge on any atom is -0.331 e. The van der Waals surface area contributed by atoms with Crippen LogP contribution in [0.2, 0.25) is 0 Å². The highest BCUT2D eigenvalue weighted by Gasteiger charge is 2.33. The Hall–Kier alpha value is -0.870. The van der Waals surface area contributed by atoms with Crippen molar-refractivity contribution in [2.45, 2.75) is 64.1 Å². The molecule has 118 valence electrons. The second-order valence-corrected chi connectivity index (χ2v) is 7.18. The predicted octanol–water partition coefficient (Wildman–Crippen LogP) is 2.99. The standard InChI is InChI=1S/C17H30N4/c1-13(2)21-12-18-11-16(21)17-14(10-19-15-7-8-15)6-4-5-9-20(17)3/h11-15,17,19H,4-10H2,1-3H3. The van der Waals surface area contributed by atoms with E-state index in [9.17, 15) is 0 Å². The summed E-state index contributed by atoms with van der Waals surface area (Å²) in [5.74, 6) is 0.701.